The Labute approximate surface area is 106 Å². The molecule has 7 nitrogen and oxygen atoms in total. The molecular formula is C11H19N3O4. The maximum Gasteiger partial charge on any atom is 0.326 e. The summed E-state index contributed by atoms with van der Waals surface area (Å²) in [5.74, 6) is -1.28. The van der Waals surface area contributed by atoms with E-state index in [0.29, 0.717) is 25.9 Å². The summed E-state index contributed by atoms with van der Waals surface area (Å²) >= 11 is 0. The molecular weight excluding hydrogens is 238 g/mol. The second-order valence-electron chi connectivity index (χ2n) is 4.29. The highest BCUT2D eigenvalue weighted by atomic mass is 16.4. The minimum Gasteiger partial charge on any atom is -0.480 e. The smallest absolute Gasteiger partial charge is 0.326 e. The van der Waals surface area contributed by atoms with E-state index in [0.717, 1.165) is 0 Å². The molecule has 0 aliphatic carbocycles. The molecule has 0 saturated carbocycles. The van der Waals surface area contributed by atoms with E-state index in [-0.39, 0.29) is 5.91 Å². The molecule has 1 heterocycles. The van der Waals surface area contributed by atoms with Gasteiger partial charge in [-0.05, 0) is 13.3 Å². The Kier molecular flexibility index (Phi) is 4.94. The Hall–Kier alpha value is -1.79. The molecule has 0 aromatic carbocycles. The summed E-state index contributed by atoms with van der Waals surface area (Å²) in [5.41, 5.74) is 0. The van der Waals surface area contributed by atoms with Crippen molar-refractivity contribution in [2.45, 2.75) is 38.8 Å². The lowest BCUT2D eigenvalue weighted by molar-refractivity contribution is -0.139. The number of carboxylic acid groups (broad SMARTS) is 1. The molecule has 1 unspecified atom stereocenters. The van der Waals surface area contributed by atoms with Gasteiger partial charge in [0.15, 0.2) is 0 Å². The van der Waals surface area contributed by atoms with Gasteiger partial charge in [0.1, 0.15) is 12.1 Å². The van der Waals surface area contributed by atoms with E-state index in [1.54, 1.807) is 6.92 Å². The maximum atomic E-state index is 11.9. The number of carboxylic acids is 1. The molecule has 2 atom stereocenters. The van der Waals surface area contributed by atoms with Crippen LogP contribution in [0.2, 0.25) is 0 Å². The van der Waals surface area contributed by atoms with Gasteiger partial charge >= 0.3 is 12.0 Å². The fraction of sp³-hybridized carbons (Fsp3) is 0.727. The lowest BCUT2D eigenvalue weighted by Gasteiger charge is -2.33. The van der Waals surface area contributed by atoms with Crippen molar-refractivity contribution in [2.24, 2.45) is 0 Å². The Balaban J connectivity index is 2.63. The van der Waals surface area contributed by atoms with Crippen molar-refractivity contribution in [3.05, 3.63) is 0 Å². The molecule has 0 bridgehead atoms. The maximum absolute atomic E-state index is 11.9. The van der Waals surface area contributed by atoms with Crippen LogP contribution in [0.3, 0.4) is 0 Å². The zero-order chi connectivity index (χ0) is 13.7. The van der Waals surface area contributed by atoms with Gasteiger partial charge in [0.25, 0.3) is 0 Å². The van der Waals surface area contributed by atoms with E-state index in [1.807, 2.05) is 6.92 Å². The van der Waals surface area contributed by atoms with E-state index in [4.69, 9.17) is 5.11 Å². The third-order valence-corrected chi connectivity index (χ3v) is 2.93. The summed E-state index contributed by atoms with van der Waals surface area (Å²) in [6.07, 6.45) is 1.03. The molecule has 3 amide bonds. The predicted octanol–water partition coefficient (Wildman–Crippen LogP) is -0.230. The highest BCUT2D eigenvalue weighted by Crippen LogP contribution is 2.06. The predicted molar refractivity (Wildman–Crippen MR) is 64.0 cm³/mol. The van der Waals surface area contributed by atoms with E-state index in [1.165, 1.54) is 4.90 Å². The van der Waals surface area contributed by atoms with E-state index < -0.39 is 24.1 Å². The van der Waals surface area contributed by atoms with Crippen LogP contribution in [0.4, 0.5) is 4.79 Å². The molecule has 0 aromatic heterocycles. The SMILES string of the molecule is CCC[C@@H](NC(=O)N1CCNC(=O)C1C)C(=O)O. The van der Waals surface area contributed by atoms with Crippen molar-refractivity contribution < 1.29 is 19.5 Å². The summed E-state index contributed by atoms with van der Waals surface area (Å²) in [4.78, 5) is 35.6. The van der Waals surface area contributed by atoms with Gasteiger partial charge in [0, 0.05) is 13.1 Å². The fourth-order valence-corrected chi connectivity index (χ4v) is 1.84. The zero-order valence-corrected chi connectivity index (χ0v) is 10.6. The highest BCUT2D eigenvalue weighted by Gasteiger charge is 2.31. The van der Waals surface area contributed by atoms with Crippen molar-refractivity contribution in [1.82, 2.24) is 15.5 Å². The summed E-state index contributed by atoms with van der Waals surface area (Å²) in [6, 6.07) is -1.98. The van der Waals surface area contributed by atoms with Crippen LogP contribution in [0.15, 0.2) is 0 Å². The van der Waals surface area contributed by atoms with Crippen molar-refractivity contribution in [1.29, 1.82) is 0 Å². The number of rotatable bonds is 4. The Morgan fingerprint density at radius 3 is 2.83 bits per heavy atom. The van der Waals surface area contributed by atoms with E-state index in [9.17, 15) is 14.4 Å². The first kappa shape index (κ1) is 14.3. The molecule has 3 N–H and O–H groups in total. The minimum absolute atomic E-state index is 0.223. The van der Waals surface area contributed by atoms with Crippen LogP contribution in [0.5, 0.6) is 0 Å². The number of carbonyl (C=O) groups excluding carboxylic acids is 2. The van der Waals surface area contributed by atoms with Gasteiger partial charge in [-0.25, -0.2) is 9.59 Å². The molecule has 0 aromatic rings. The minimum atomic E-state index is -1.06. The second kappa shape index (κ2) is 6.23. The number of aliphatic carboxylic acids is 1. The number of amides is 3. The van der Waals surface area contributed by atoms with Crippen molar-refractivity contribution in [3.8, 4) is 0 Å². The molecule has 0 radical (unpaired) electrons. The van der Waals surface area contributed by atoms with Crippen LogP contribution < -0.4 is 10.6 Å². The molecule has 1 aliphatic heterocycles. The summed E-state index contributed by atoms with van der Waals surface area (Å²) in [6.45, 7) is 4.24. The van der Waals surface area contributed by atoms with Crippen molar-refractivity contribution in [3.63, 3.8) is 0 Å². The average Bonchev–Trinajstić information content (AvgIpc) is 2.31. The molecule has 1 saturated heterocycles. The van der Waals surface area contributed by atoms with Crippen LogP contribution in [-0.4, -0.2) is 53.1 Å². The summed E-state index contributed by atoms with van der Waals surface area (Å²) < 4.78 is 0. The van der Waals surface area contributed by atoms with Gasteiger partial charge in [-0.3, -0.25) is 4.79 Å². The van der Waals surface area contributed by atoms with Crippen molar-refractivity contribution >= 4 is 17.9 Å². The molecule has 1 rings (SSSR count). The third-order valence-electron chi connectivity index (χ3n) is 2.93. The van der Waals surface area contributed by atoms with E-state index in [2.05, 4.69) is 10.6 Å². The summed E-state index contributed by atoms with van der Waals surface area (Å²) in [7, 11) is 0. The fourth-order valence-electron chi connectivity index (χ4n) is 1.84. The monoisotopic (exact) mass is 257 g/mol. The average molecular weight is 257 g/mol. The van der Waals surface area contributed by atoms with Gasteiger partial charge in [-0.1, -0.05) is 13.3 Å². The molecule has 1 aliphatic rings. The van der Waals surface area contributed by atoms with Crippen LogP contribution in [0, 0.1) is 0 Å². The Bertz CT molecular complexity index is 345. The molecule has 0 spiro atoms. The number of carbonyl (C=O) groups is 3. The van der Waals surface area contributed by atoms with E-state index >= 15 is 0 Å². The van der Waals surface area contributed by atoms with Gasteiger partial charge < -0.3 is 20.6 Å². The molecule has 18 heavy (non-hydrogen) atoms. The number of nitrogens with zero attached hydrogens (tertiary/aromatic N) is 1. The molecule has 1 fully saturated rings. The Morgan fingerprint density at radius 1 is 1.61 bits per heavy atom. The van der Waals surface area contributed by atoms with Gasteiger partial charge in [0.05, 0.1) is 0 Å². The second-order valence-corrected chi connectivity index (χ2v) is 4.29. The zero-order valence-electron chi connectivity index (χ0n) is 10.6. The number of urea groups is 1. The van der Waals surface area contributed by atoms with Crippen molar-refractivity contribution in [2.75, 3.05) is 13.1 Å². The summed E-state index contributed by atoms with van der Waals surface area (Å²) in [5, 5.41) is 14.0. The van der Waals surface area contributed by atoms with Gasteiger partial charge in [0.2, 0.25) is 5.91 Å². The Morgan fingerprint density at radius 2 is 2.28 bits per heavy atom. The standard InChI is InChI=1S/C11H19N3O4/c1-3-4-8(10(16)17)13-11(18)14-6-5-12-9(15)7(14)2/h7-8H,3-6H2,1-2H3,(H,12,15)(H,13,18)(H,16,17)/t7?,8-/m1/s1. The molecule has 7 heteroatoms. The van der Waals surface area contributed by atoms with Crippen LogP contribution in [0.1, 0.15) is 26.7 Å². The highest BCUT2D eigenvalue weighted by molar-refractivity contribution is 5.89. The lowest BCUT2D eigenvalue weighted by Crippen LogP contribution is -2.59. The van der Waals surface area contributed by atoms with Gasteiger partial charge in [-0.2, -0.15) is 0 Å². The number of hydrogen-bond donors (Lipinski definition) is 3. The quantitative estimate of drug-likeness (QED) is 0.647. The first-order valence-corrected chi connectivity index (χ1v) is 6.05. The molecule has 102 valence electrons. The first-order valence-electron chi connectivity index (χ1n) is 6.05. The van der Waals surface area contributed by atoms with Crippen LogP contribution in [-0.2, 0) is 9.59 Å². The topological polar surface area (TPSA) is 98.7 Å². The lowest BCUT2D eigenvalue weighted by atomic mass is 10.1. The number of hydrogen-bond acceptors (Lipinski definition) is 3. The largest absolute Gasteiger partial charge is 0.480 e. The first-order chi connectivity index (χ1) is 8.47. The third kappa shape index (κ3) is 3.35. The van der Waals surface area contributed by atoms with Gasteiger partial charge in [-0.15, -0.1) is 0 Å². The van der Waals surface area contributed by atoms with Crippen LogP contribution >= 0.6 is 0 Å². The number of nitrogens with one attached hydrogen (secondary N) is 2. The normalized spacial score (nSPS) is 21.1. The van der Waals surface area contributed by atoms with Crippen LogP contribution in [0.25, 0.3) is 0 Å². The number of piperazine rings is 1.